The number of nitrogens with zero attached hydrogens (tertiary/aromatic N) is 1. The molecule has 0 saturated heterocycles. The molecule has 2 heterocycles. The zero-order chi connectivity index (χ0) is 23.5. The second-order valence-corrected chi connectivity index (χ2v) is 8.04. The van der Waals surface area contributed by atoms with Crippen LogP contribution in [-0.2, 0) is 0 Å². The number of aromatic nitrogens is 2. The number of aromatic amines is 1. The van der Waals surface area contributed by atoms with Gasteiger partial charge in [0.05, 0.1) is 24.5 Å². The van der Waals surface area contributed by atoms with Gasteiger partial charge in [-0.05, 0) is 55.0 Å². The molecular formula is C27H25N3O4. The minimum absolute atomic E-state index is 0.130. The summed E-state index contributed by atoms with van der Waals surface area (Å²) in [5.41, 5.74) is 5.02. The van der Waals surface area contributed by atoms with Gasteiger partial charge in [-0.2, -0.15) is 5.10 Å². The Bertz CT molecular complexity index is 1300. The maximum atomic E-state index is 12.7. The lowest BCUT2D eigenvalue weighted by Gasteiger charge is -2.20. The molecule has 1 aliphatic rings. The van der Waals surface area contributed by atoms with Gasteiger partial charge in [0.15, 0.2) is 11.5 Å². The minimum Gasteiger partial charge on any atom is -0.497 e. The number of para-hydroxylation sites is 1. The van der Waals surface area contributed by atoms with Crippen molar-refractivity contribution in [1.82, 2.24) is 15.5 Å². The lowest BCUT2D eigenvalue weighted by atomic mass is 10.1. The molecule has 0 bridgehead atoms. The van der Waals surface area contributed by atoms with Crippen molar-refractivity contribution in [2.45, 2.75) is 13.0 Å². The molecule has 2 N–H and O–H groups in total. The van der Waals surface area contributed by atoms with Crippen LogP contribution in [0.4, 0.5) is 0 Å². The van der Waals surface area contributed by atoms with E-state index in [1.54, 1.807) is 19.2 Å². The Hall–Kier alpha value is -4.26. The molecule has 1 amide bonds. The average Bonchev–Trinajstić information content (AvgIpc) is 3.38. The summed E-state index contributed by atoms with van der Waals surface area (Å²) >= 11 is 0. The fraction of sp³-hybridized carbons (Fsp3) is 0.185. The number of amides is 1. The SMILES string of the molecule is COc1ccc([C@H](C)NC(=O)c2ccc(-c3cc(-c4cccc5c4OCCO5)[nH]n3)cc2)cc1. The van der Waals surface area contributed by atoms with Crippen LogP contribution in [0, 0.1) is 0 Å². The number of nitrogens with one attached hydrogen (secondary N) is 2. The molecular weight excluding hydrogens is 430 g/mol. The second-order valence-electron chi connectivity index (χ2n) is 8.04. The maximum absolute atomic E-state index is 12.7. The van der Waals surface area contributed by atoms with E-state index in [1.165, 1.54) is 0 Å². The molecule has 0 fully saturated rings. The number of hydrogen-bond acceptors (Lipinski definition) is 5. The molecule has 5 rings (SSSR count). The summed E-state index contributed by atoms with van der Waals surface area (Å²) in [6.45, 7) is 3.02. The van der Waals surface area contributed by atoms with E-state index >= 15 is 0 Å². The van der Waals surface area contributed by atoms with Crippen LogP contribution in [0.25, 0.3) is 22.5 Å². The molecule has 0 saturated carbocycles. The topological polar surface area (TPSA) is 85.5 Å². The van der Waals surface area contributed by atoms with E-state index in [-0.39, 0.29) is 11.9 Å². The third-order valence-corrected chi connectivity index (χ3v) is 5.84. The van der Waals surface area contributed by atoms with Crippen LogP contribution in [0.2, 0.25) is 0 Å². The zero-order valence-corrected chi connectivity index (χ0v) is 19.0. The second kappa shape index (κ2) is 9.31. The number of fused-ring (bicyclic) bond motifs is 1. The molecule has 1 aliphatic heterocycles. The number of benzene rings is 3. The number of ether oxygens (including phenoxy) is 3. The maximum Gasteiger partial charge on any atom is 0.251 e. The molecule has 4 aromatic rings. The van der Waals surface area contributed by atoms with Crippen molar-refractivity contribution in [2.24, 2.45) is 0 Å². The van der Waals surface area contributed by atoms with E-state index in [1.807, 2.05) is 67.6 Å². The van der Waals surface area contributed by atoms with Gasteiger partial charge >= 0.3 is 0 Å². The van der Waals surface area contributed by atoms with Crippen molar-refractivity contribution >= 4 is 5.91 Å². The number of H-pyrrole nitrogens is 1. The highest BCUT2D eigenvalue weighted by molar-refractivity contribution is 5.95. The van der Waals surface area contributed by atoms with E-state index in [4.69, 9.17) is 14.2 Å². The zero-order valence-electron chi connectivity index (χ0n) is 19.0. The molecule has 0 unspecified atom stereocenters. The minimum atomic E-state index is -0.134. The van der Waals surface area contributed by atoms with Crippen molar-refractivity contribution in [3.05, 3.63) is 83.9 Å². The molecule has 7 nitrogen and oxygen atoms in total. The summed E-state index contributed by atoms with van der Waals surface area (Å²) in [6, 6.07) is 22.7. The average molecular weight is 456 g/mol. The van der Waals surface area contributed by atoms with Gasteiger partial charge in [0.25, 0.3) is 5.91 Å². The van der Waals surface area contributed by atoms with Gasteiger partial charge in [0.1, 0.15) is 19.0 Å². The molecule has 0 aliphatic carbocycles. The van der Waals surface area contributed by atoms with E-state index < -0.39 is 0 Å². The van der Waals surface area contributed by atoms with Gasteiger partial charge in [-0.1, -0.05) is 30.3 Å². The summed E-state index contributed by atoms with van der Waals surface area (Å²) in [5, 5.41) is 10.6. The Kier molecular flexibility index (Phi) is 5.91. The van der Waals surface area contributed by atoms with Crippen molar-refractivity contribution in [1.29, 1.82) is 0 Å². The number of hydrogen-bond donors (Lipinski definition) is 2. The van der Waals surface area contributed by atoms with Crippen LogP contribution >= 0.6 is 0 Å². The first-order valence-electron chi connectivity index (χ1n) is 11.1. The molecule has 3 aromatic carbocycles. The molecule has 1 atom stereocenters. The predicted molar refractivity (Wildman–Crippen MR) is 129 cm³/mol. The first-order chi connectivity index (χ1) is 16.6. The summed E-state index contributed by atoms with van der Waals surface area (Å²) in [6.07, 6.45) is 0. The Morgan fingerprint density at radius 1 is 1.03 bits per heavy atom. The number of rotatable bonds is 6. The van der Waals surface area contributed by atoms with E-state index in [0.717, 1.165) is 45.3 Å². The van der Waals surface area contributed by atoms with Gasteiger partial charge < -0.3 is 19.5 Å². The molecule has 34 heavy (non-hydrogen) atoms. The largest absolute Gasteiger partial charge is 0.497 e. The van der Waals surface area contributed by atoms with Gasteiger partial charge in [0, 0.05) is 16.7 Å². The summed E-state index contributed by atoms with van der Waals surface area (Å²) in [5.74, 6) is 2.11. The highest BCUT2D eigenvalue weighted by Gasteiger charge is 2.19. The van der Waals surface area contributed by atoms with Gasteiger partial charge in [-0.25, -0.2) is 0 Å². The summed E-state index contributed by atoms with van der Waals surface area (Å²) < 4.78 is 16.7. The fourth-order valence-electron chi connectivity index (χ4n) is 3.94. The normalized spacial score (nSPS) is 13.2. The van der Waals surface area contributed by atoms with E-state index in [0.29, 0.717) is 18.8 Å². The van der Waals surface area contributed by atoms with Crippen LogP contribution in [0.5, 0.6) is 17.2 Å². The molecule has 1 aromatic heterocycles. The quantitative estimate of drug-likeness (QED) is 0.427. The first-order valence-corrected chi connectivity index (χ1v) is 11.1. The summed E-state index contributed by atoms with van der Waals surface area (Å²) in [4.78, 5) is 12.7. The highest BCUT2D eigenvalue weighted by atomic mass is 16.6. The van der Waals surface area contributed by atoms with Gasteiger partial charge in [-0.3, -0.25) is 9.89 Å². The Balaban J connectivity index is 1.29. The monoisotopic (exact) mass is 455 g/mol. The number of methoxy groups -OCH3 is 1. The van der Waals surface area contributed by atoms with Gasteiger partial charge in [0.2, 0.25) is 0 Å². The van der Waals surface area contributed by atoms with Crippen LogP contribution in [0.3, 0.4) is 0 Å². The summed E-state index contributed by atoms with van der Waals surface area (Å²) in [7, 11) is 1.63. The Morgan fingerprint density at radius 3 is 2.56 bits per heavy atom. The van der Waals surface area contributed by atoms with Crippen molar-refractivity contribution in [2.75, 3.05) is 20.3 Å². The van der Waals surface area contributed by atoms with Crippen molar-refractivity contribution < 1.29 is 19.0 Å². The molecule has 0 radical (unpaired) electrons. The van der Waals surface area contributed by atoms with E-state index in [9.17, 15) is 4.79 Å². The molecule has 0 spiro atoms. The molecule has 7 heteroatoms. The Morgan fingerprint density at radius 2 is 1.79 bits per heavy atom. The number of carbonyl (C=O) groups excluding carboxylic acids is 1. The fourth-order valence-corrected chi connectivity index (χ4v) is 3.94. The standard InChI is InChI=1S/C27H25N3O4/c1-17(18-10-12-21(32-2)13-11-18)28-27(31)20-8-6-19(7-9-20)23-16-24(30-29-23)22-4-3-5-25-26(22)34-15-14-33-25/h3-13,16-17H,14-15H2,1-2H3,(H,28,31)(H,29,30)/t17-/m0/s1. The third-order valence-electron chi connectivity index (χ3n) is 5.84. The lowest BCUT2D eigenvalue weighted by molar-refractivity contribution is 0.0940. The highest BCUT2D eigenvalue weighted by Crippen LogP contribution is 2.39. The third kappa shape index (κ3) is 4.32. The van der Waals surface area contributed by atoms with Crippen molar-refractivity contribution in [3.63, 3.8) is 0 Å². The number of carbonyl (C=O) groups is 1. The first kappa shape index (κ1) is 21.6. The molecule has 172 valence electrons. The van der Waals surface area contributed by atoms with Crippen LogP contribution in [0.15, 0.2) is 72.8 Å². The van der Waals surface area contributed by atoms with Crippen molar-refractivity contribution in [3.8, 4) is 39.8 Å². The smallest absolute Gasteiger partial charge is 0.251 e. The van der Waals surface area contributed by atoms with Gasteiger partial charge in [-0.15, -0.1) is 0 Å². The van der Waals surface area contributed by atoms with E-state index in [2.05, 4.69) is 15.5 Å². The Labute approximate surface area is 197 Å². The predicted octanol–water partition coefficient (Wildman–Crippen LogP) is 5.01. The van der Waals surface area contributed by atoms with Crippen LogP contribution in [0.1, 0.15) is 28.9 Å². The van der Waals surface area contributed by atoms with Crippen LogP contribution in [-0.4, -0.2) is 36.4 Å². The lowest BCUT2D eigenvalue weighted by Crippen LogP contribution is -2.26. The van der Waals surface area contributed by atoms with Crippen LogP contribution < -0.4 is 19.5 Å².